The highest BCUT2D eigenvalue weighted by Crippen LogP contribution is 2.26. The molecule has 2 aromatic heterocycles. The van der Waals surface area contributed by atoms with Crippen LogP contribution in [0.15, 0.2) is 48.8 Å². The minimum atomic E-state index is -0.102. The highest BCUT2D eigenvalue weighted by Gasteiger charge is 2.21. The smallest absolute Gasteiger partial charge is 0.252 e. The zero-order valence-corrected chi connectivity index (χ0v) is 13.5. The molecule has 0 unspecified atom stereocenters. The van der Waals surface area contributed by atoms with Gasteiger partial charge in [0, 0.05) is 18.9 Å². The first kappa shape index (κ1) is 14.9. The number of carbonyl (C=O) groups excluding carboxylic acids is 1. The minimum Gasteiger partial charge on any atom is -0.371 e. The molecule has 0 saturated heterocycles. The van der Waals surface area contributed by atoms with Crippen LogP contribution in [0.4, 0.5) is 0 Å². The SMILES string of the molecule is Cc1cn2cc(C(=O)NC[C@@H]3OCCc4ccccc43)ccc2n1. The van der Waals surface area contributed by atoms with Crippen LogP contribution in [0.3, 0.4) is 0 Å². The van der Waals surface area contributed by atoms with E-state index in [1.54, 1.807) is 12.3 Å². The van der Waals surface area contributed by atoms with E-state index in [1.165, 1.54) is 11.1 Å². The van der Waals surface area contributed by atoms with E-state index in [4.69, 9.17) is 4.74 Å². The second kappa shape index (κ2) is 6.09. The summed E-state index contributed by atoms with van der Waals surface area (Å²) in [5.74, 6) is -0.102. The van der Waals surface area contributed by atoms with Crippen molar-refractivity contribution in [2.24, 2.45) is 0 Å². The van der Waals surface area contributed by atoms with Crippen molar-refractivity contribution in [1.82, 2.24) is 14.7 Å². The fourth-order valence-electron chi connectivity index (χ4n) is 3.19. The Kier molecular flexibility index (Phi) is 3.78. The predicted octanol–water partition coefficient (Wildman–Crippen LogP) is 2.69. The van der Waals surface area contributed by atoms with Gasteiger partial charge in [0.25, 0.3) is 5.91 Å². The molecule has 122 valence electrons. The monoisotopic (exact) mass is 321 g/mol. The Hall–Kier alpha value is -2.66. The van der Waals surface area contributed by atoms with Crippen LogP contribution in [-0.4, -0.2) is 28.4 Å². The summed E-state index contributed by atoms with van der Waals surface area (Å²) in [6.45, 7) is 3.10. The lowest BCUT2D eigenvalue weighted by atomic mass is 9.97. The number of imidazole rings is 1. The largest absolute Gasteiger partial charge is 0.371 e. The Balaban J connectivity index is 1.48. The predicted molar refractivity (Wildman–Crippen MR) is 91.1 cm³/mol. The number of hydrogen-bond acceptors (Lipinski definition) is 3. The maximum absolute atomic E-state index is 12.4. The summed E-state index contributed by atoms with van der Waals surface area (Å²) < 4.78 is 7.71. The fourth-order valence-corrected chi connectivity index (χ4v) is 3.19. The summed E-state index contributed by atoms with van der Waals surface area (Å²) in [6, 6.07) is 11.9. The van der Waals surface area contributed by atoms with Gasteiger partial charge in [-0.2, -0.15) is 0 Å². The minimum absolute atomic E-state index is 0.0851. The number of aryl methyl sites for hydroxylation is 1. The molecular weight excluding hydrogens is 302 g/mol. The number of nitrogens with one attached hydrogen (secondary N) is 1. The zero-order chi connectivity index (χ0) is 16.5. The van der Waals surface area contributed by atoms with Crippen molar-refractivity contribution in [2.45, 2.75) is 19.4 Å². The molecule has 0 spiro atoms. The molecule has 0 fully saturated rings. The first-order valence-electron chi connectivity index (χ1n) is 8.14. The maximum atomic E-state index is 12.4. The molecule has 1 aliphatic heterocycles. The molecule has 3 aromatic rings. The van der Waals surface area contributed by atoms with Gasteiger partial charge in [-0.3, -0.25) is 4.79 Å². The molecule has 1 atom stereocenters. The summed E-state index contributed by atoms with van der Waals surface area (Å²) >= 11 is 0. The Labute approximate surface area is 140 Å². The Morgan fingerprint density at radius 3 is 3.08 bits per heavy atom. The third-order valence-electron chi connectivity index (χ3n) is 4.37. The zero-order valence-electron chi connectivity index (χ0n) is 13.5. The third-order valence-corrected chi connectivity index (χ3v) is 4.37. The maximum Gasteiger partial charge on any atom is 0.252 e. The molecule has 0 bridgehead atoms. The van der Waals surface area contributed by atoms with Crippen LogP contribution >= 0.6 is 0 Å². The molecule has 4 rings (SSSR count). The lowest BCUT2D eigenvalue weighted by Crippen LogP contribution is -2.32. The van der Waals surface area contributed by atoms with Gasteiger partial charge in [-0.1, -0.05) is 24.3 Å². The van der Waals surface area contributed by atoms with Crippen LogP contribution < -0.4 is 5.32 Å². The van der Waals surface area contributed by atoms with E-state index in [1.807, 2.05) is 35.7 Å². The second-order valence-corrected chi connectivity index (χ2v) is 6.08. The number of aromatic nitrogens is 2. The van der Waals surface area contributed by atoms with E-state index in [0.717, 1.165) is 17.8 Å². The van der Waals surface area contributed by atoms with E-state index in [0.29, 0.717) is 18.7 Å². The van der Waals surface area contributed by atoms with E-state index < -0.39 is 0 Å². The van der Waals surface area contributed by atoms with Crippen LogP contribution in [0.25, 0.3) is 5.65 Å². The molecule has 0 saturated carbocycles. The van der Waals surface area contributed by atoms with Gasteiger partial charge >= 0.3 is 0 Å². The van der Waals surface area contributed by atoms with Gasteiger partial charge in [0.2, 0.25) is 0 Å². The van der Waals surface area contributed by atoms with Gasteiger partial charge in [-0.15, -0.1) is 0 Å². The first-order valence-corrected chi connectivity index (χ1v) is 8.14. The Morgan fingerprint density at radius 2 is 2.17 bits per heavy atom. The summed E-state index contributed by atoms with van der Waals surface area (Å²) in [4.78, 5) is 16.8. The molecule has 0 radical (unpaired) electrons. The third kappa shape index (κ3) is 2.78. The van der Waals surface area contributed by atoms with Crippen molar-refractivity contribution in [2.75, 3.05) is 13.2 Å². The van der Waals surface area contributed by atoms with Crippen molar-refractivity contribution in [3.05, 3.63) is 71.2 Å². The summed E-state index contributed by atoms with van der Waals surface area (Å²) in [5, 5.41) is 2.98. The number of amides is 1. The molecule has 5 heteroatoms. The number of fused-ring (bicyclic) bond motifs is 2. The molecule has 1 aliphatic rings. The van der Waals surface area contributed by atoms with Crippen molar-refractivity contribution in [3.63, 3.8) is 0 Å². The number of nitrogens with zero attached hydrogens (tertiary/aromatic N) is 2. The summed E-state index contributed by atoms with van der Waals surface area (Å²) in [7, 11) is 0. The Bertz CT molecular complexity index is 901. The van der Waals surface area contributed by atoms with Crippen LogP contribution in [0.1, 0.15) is 33.3 Å². The topological polar surface area (TPSA) is 55.6 Å². The number of hydrogen-bond donors (Lipinski definition) is 1. The number of pyridine rings is 1. The number of benzene rings is 1. The van der Waals surface area contributed by atoms with Gasteiger partial charge in [-0.05, 0) is 36.6 Å². The highest BCUT2D eigenvalue weighted by molar-refractivity contribution is 5.94. The Morgan fingerprint density at radius 1 is 1.29 bits per heavy atom. The van der Waals surface area contributed by atoms with Crippen LogP contribution in [-0.2, 0) is 11.2 Å². The molecule has 1 amide bonds. The lowest BCUT2D eigenvalue weighted by Gasteiger charge is -2.26. The van der Waals surface area contributed by atoms with Crippen molar-refractivity contribution in [3.8, 4) is 0 Å². The van der Waals surface area contributed by atoms with E-state index in [2.05, 4.69) is 22.4 Å². The van der Waals surface area contributed by atoms with Gasteiger partial charge < -0.3 is 14.5 Å². The average Bonchev–Trinajstić information content (AvgIpc) is 2.98. The standard InChI is InChI=1S/C19H19N3O2/c1-13-11-22-12-15(6-7-18(22)21-13)19(23)20-10-17-16-5-3-2-4-14(16)8-9-24-17/h2-7,11-12,17H,8-10H2,1H3,(H,20,23)/t17-/m0/s1. The number of carbonyl (C=O) groups is 1. The highest BCUT2D eigenvalue weighted by atomic mass is 16.5. The van der Waals surface area contributed by atoms with Gasteiger partial charge in [0.05, 0.1) is 17.9 Å². The number of ether oxygens (including phenoxy) is 1. The average molecular weight is 321 g/mol. The van der Waals surface area contributed by atoms with E-state index >= 15 is 0 Å². The van der Waals surface area contributed by atoms with Gasteiger partial charge in [0.15, 0.2) is 0 Å². The van der Waals surface area contributed by atoms with Crippen molar-refractivity contribution >= 4 is 11.6 Å². The molecular formula is C19H19N3O2. The van der Waals surface area contributed by atoms with Crippen LogP contribution in [0.2, 0.25) is 0 Å². The molecule has 3 heterocycles. The first-order chi connectivity index (χ1) is 11.7. The van der Waals surface area contributed by atoms with Gasteiger partial charge in [-0.25, -0.2) is 4.98 Å². The number of rotatable bonds is 3. The molecule has 0 aliphatic carbocycles. The fraction of sp³-hybridized carbons (Fsp3) is 0.263. The summed E-state index contributed by atoms with van der Waals surface area (Å²) in [6.07, 6.45) is 4.56. The second-order valence-electron chi connectivity index (χ2n) is 6.08. The van der Waals surface area contributed by atoms with E-state index in [-0.39, 0.29) is 12.0 Å². The van der Waals surface area contributed by atoms with Crippen molar-refractivity contribution in [1.29, 1.82) is 0 Å². The summed E-state index contributed by atoms with van der Waals surface area (Å²) in [5.41, 5.74) is 4.86. The normalized spacial score (nSPS) is 16.8. The quantitative estimate of drug-likeness (QED) is 0.807. The van der Waals surface area contributed by atoms with E-state index in [9.17, 15) is 4.79 Å². The lowest BCUT2D eigenvalue weighted by molar-refractivity contribution is 0.0411. The van der Waals surface area contributed by atoms with Crippen molar-refractivity contribution < 1.29 is 9.53 Å². The molecule has 5 nitrogen and oxygen atoms in total. The molecule has 24 heavy (non-hydrogen) atoms. The van der Waals surface area contributed by atoms with Gasteiger partial charge in [0.1, 0.15) is 11.8 Å². The molecule has 1 N–H and O–H groups in total. The van der Waals surface area contributed by atoms with Crippen LogP contribution in [0.5, 0.6) is 0 Å². The molecule has 1 aromatic carbocycles. The van der Waals surface area contributed by atoms with Crippen LogP contribution in [0, 0.1) is 6.92 Å².